The van der Waals surface area contributed by atoms with Crippen molar-refractivity contribution in [2.24, 2.45) is 0 Å². The fraction of sp³-hybridized carbons (Fsp3) is 0.133. The Kier molecular flexibility index (Phi) is 2.63. The zero-order valence-corrected chi connectivity index (χ0v) is 10.3. The number of hydrogen-bond donors (Lipinski definition) is 2. The summed E-state index contributed by atoms with van der Waals surface area (Å²) >= 11 is 0. The molecule has 0 radical (unpaired) electrons. The lowest BCUT2D eigenvalue weighted by atomic mass is 10.1. The van der Waals surface area contributed by atoms with E-state index in [0.29, 0.717) is 6.54 Å². The average molecular weight is 254 g/mol. The van der Waals surface area contributed by atoms with Gasteiger partial charge in [0.2, 0.25) is 0 Å². The van der Waals surface area contributed by atoms with Crippen LogP contribution in [0.5, 0.6) is 5.75 Å². The van der Waals surface area contributed by atoms with Crippen LogP contribution in [0.3, 0.4) is 0 Å². The highest BCUT2D eigenvalue weighted by molar-refractivity contribution is 6.09. The number of nitrogens with zero attached hydrogens (tertiary/aromatic N) is 1. The molecule has 2 aromatic carbocycles. The van der Waals surface area contributed by atoms with Crippen LogP contribution < -0.4 is 10.6 Å². The van der Waals surface area contributed by atoms with E-state index in [4.69, 9.17) is 5.73 Å². The molecule has 0 bridgehead atoms. The summed E-state index contributed by atoms with van der Waals surface area (Å²) in [5.41, 5.74) is 8.16. The number of nitrogens with two attached hydrogens (primary N) is 1. The average Bonchev–Trinajstić information content (AvgIpc) is 2.85. The molecule has 0 atom stereocenters. The van der Waals surface area contributed by atoms with E-state index in [0.717, 1.165) is 17.7 Å². The first-order valence-electron chi connectivity index (χ1n) is 6.15. The maximum absolute atomic E-state index is 12.5. The number of amides is 1. The van der Waals surface area contributed by atoms with E-state index in [2.05, 4.69) is 0 Å². The quantitative estimate of drug-likeness (QED) is 0.605. The van der Waals surface area contributed by atoms with Gasteiger partial charge in [0.05, 0.1) is 11.3 Å². The molecule has 0 aromatic heterocycles. The van der Waals surface area contributed by atoms with Crippen molar-refractivity contribution in [2.45, 2.75) is 6.42 Å². The Morgan fingerprint density at radius 3 is 2.79 bits per heavy atom. The summed E-state index contributed by atoms with van der Waals surface area (Å²) in [7, 11) is 0. The van der Waals surface area contributed by atoms with Crippen molar-refractivity contribution >= 4 is 17.3 Å². The number of fused-ring (bicyclic) bond motifs is 1. The van der Waals surface area contributed by atoms with Gasteiger partial charge in [0.25, 0.3) is 5.91 Å². The predicted octanol–water partition coefficient (Wildman–Crippen LogP) is 2.18. The molecule has 0 unspecified atom stereocenters. The van der Waals surface area contributed by atoms with Crippen LogP contribution in [0, 0.1) is 0 Å². The van der Waals surface area contributed by atoms with Crippen LogP contribution in [0.2, 0.25) is 0 Å². The second-order valence-electron chi connectivity index (χ2n) is 4.58. The minimum absolute atomic E-state index is 0.142. The molecule has 1 aliphatic rings. The number of phenolic OH excluding ortho intramolecular Hbond substituents is 1. The van der Waals surface area contributed by atoms with Crippen molar-refractivity contribution in [2.75, 3.05) is 17.2 Å². The fourth-order valence-electron chi connectivity index (χ4n) is 2.43. The van der Waals surface area contributed by atoms with E-state index >= 15 is 0 Å². The molecule has 3 N–H and O–H groups in total. The second kappa shape index (κ2) is 4.31. The number of phenols is 1. The number of benzene rings is 2. The molecular formula is C15H14N2O2. The van der Waals surface area contributed by atoms with Gasteiger partial charge >= 0.3 is 0 Å². The molecule has 2 aromatic rings. The summed E-state index contributed by atoms with van der Waals surface area (Å²) in [6.45, 7) is 0.631. The zero-order chi connectivity index (χ0) is 13.4. The van der Waals surface area contributed by atoms with Crippen LogP contribution in [-0.4, -0.2) is 17.6 Å². The molecular weight excluding hydrogens is 240 g/mol. The summed E-state index contributed by atoms with van der Waals surface area (Å²) in [6, 6.07) is 12.6. The van der Waals surface area contributed by atoms with Gasteiger partial charge in [-0.05, 0) is 30.2 Å². The van der Waals surface area contributed by atoms with Crippen LogP contribution in [0.1, 0.15) is 15.9 Å². The lowest BCUT2D eigenvalue weighted by Gasteiger charge is -2.18. The van der Waals surface area contributed by atoms with E-state index in [9.17, 15) is 9.90 Å². The third-order valence-electron chi connectivity index (χ3n) is 3.43. The van der Waals surface area contributed by atoms with Crippen molar-refractivity contribution in [1.82, 2.24) is 0 Å². The molecule has 1 heterocycles. The molecule has 96 valence electrons. The SMILES string of the molecule is Nc1cccc(C(=O)N2CCc3ccccc32)c1O. The Balaban J connectivity index is 2.00. The van der Waals surface area contributed by atoms with Gasteiger partial charge in [-0.25, -0.2) is 0 Å². The number of anilines is 2. The Labute approximate surface area is 111 Å². The number of carbonyl (C=O) groups is 1. The van der Waals surface area contributed by atoms with Crippen LogP contribution in [0.4, 0.5) is 11.4 Å². The van der Waals surface area contributed by atoms with Gasteiger partial charge in [0, 0.05) is 12.2 Å². The summed E-state index contributed by atoms with van der Waals surface area (Å²) < 4.78 is 0. The molecule has 1 amide bonds. The maximum atomic E-state index is 12.5. The van der Waals surface area contributed by atoms with Crippen molar-refractivity contribution in [3.63, 3.8) is 0 Å². The van der Waals surface area contributed by atoms with E-state index < -0.39 is 0 Å². The van der Waals surface area contributed by atoms with Crippen LogP contribution in [0.15, 0.2) is 42.5 Å². The molecule has 19 heavy (non-hydrogen) atoms. The molecule has 4 nitrogen and oxygen atoms in total. The van der Waals surface area contributed by atoms with Gasteiger partial charge in [-0.3, -0.25) is 4.79 Å². The Hall–Kier alpha value is -2.49. The molecule has 3 rings (SSSR count). The zero-order valence-electron chi connectivity index (χ0n) is 10.3. The molecule has 4 heteroatoms. The van der Waals surface area contributed by atoms with Gasteiger partial charge in [-0.15, -0.1) is 0 Å². The lowest BCUT2D eigenvalue weighted by molar-refractivity contribution is 0.0987. The highest BCUT2D eigenvalue weighted by Crippen LogP contribution is 2.32. The van der Waals surface area contributed by atoms with E-state index in [1.54, 1.807) is 23.1 Å². The molecule has 0 aliphatic carbocycles. The monoisotopic (exact) mass is 254 g/mol. The van der Waals surface area contributed by atoms with Gasteiger partial charge < -0.3 is 15.7 Å². The first-order chi connectivity index (χ1) is 9.18. The summed E-state index contributed by atoms with van der Waals surface area (Å²) in [5.74, 6) is -0.355. The van der Waals surface area contributed by atoms with Gasteiger partial charge in [-0.1, -0.05) is 24.3 Å². The van der Waals surface area contributed by atoms with E-state index in [1.165, 1.54) is 0 Å². The third kappa shape index (κ3) is 1.81. The summed E-state index contributed by atoms with van der Waals surface area (Å²) in [5, 5.41) is 9.90. The minimum Gasteiger partial charge on any atom is -0.505 e. The minimum atomic E-state index is -0.213. The Morgan fingerprint density at radius 2 is 1.95 bits per heavy atom. The van der Waals surface area contributed by atoms with Gasteiger partial charge in [0.15, 0.2) is 5.75 Å². The number of para-hydroxylation sites is 2. The molecule has 0 saturated heterocycles. The molecule has 0 spiro atoms. The predicted molar refractivity (Wildman–Crippen MR) is 74.3 cm³/mol. The summed E-state index contributed by atoms with van der Waals surface area (Å²) in [6.07, 6.45) is 0.838. The van der Waals surface area contributed by atoms with E-state index in [-0.39, 0.29) is 22.9 Å². The Bertz CT molecular complexity index is 652. The van der Waals surface area contributed by atoms with Crippen molar-refractivity contribution < 1.29 is 9.90 Å². The number of carbonyl (C=O) groups excluding carboxylic acids is 1. The largest absolute Gasteiger partial charge is 0.505 e. The molecule has 0 fully saturated rings. The number of rotatable bonds is 1. The lowest BCUT2D eigenvalue weighted by Crippen LogP contribution is -2.29. The van der Waals surface area contributed by atoms with Crippen LogP contribution in [-0.2, 0) is 6.42 Å². The maximum Gasteiger partial charge on any atom is 0.262 e. The number of aromatic hydroxyl groups is 1. The second-order valence-corrected chi connectivity index (χ2v) is 4.58. The normalized spacial score (nSPS) is 13.4. The number of nitrogen functional groups attached to an aromatic ring is 1. The fourth-order valence-corrected chi connectivity index (χ4v) is 2.43. The summed E-state index contributed by atoms with van der Waals surface area (Å²) in [4.78, 5) is 14.2. The standard InChI is InChI=1S/C15H14N2O2/c16-12-6-3-5-11(14(12)18)15(19)17-9-8-10-4-1-2-7-13(10)17/h1-7,18H,8-9,16H2. The van der Waals surface area contributed by atoms with Crippen molar-refractivity contribution in [3.8, 4) is 5.75 Å². The van der Waals surface area contributed by atoms with E-state index in [1.807, 2.05) is 24.3 Å². The highest BCUT2D eigenvalue weighted by Gasteiger charge is 2.27. The first kappa shape index (κ1) is 11.6. The molecule has 1 aliphatic heterocycles. The first-order valence-corrected chi connectivity index (χ1v) is 6.15. The number of hydrogen-bond acceptors (Lipinski definition) is 3. The molecule has 0 saturated carbocycles. The highest BCUT2D eigenvalue weighted by atomic mass is 16.3. The topological polar surface area (TPSA) is 66.6 Å². The van der Waals surface area contributed by atoms with Crippen molar-refractivity contribution in [1.29, 1.82) is 0 Å². The third-order valence-corrected chi connectivity index (χ3v) is 3.43. The smallest absolute Gasteiger partial charge is 0.262 e. The van der Waals surface area contributed by atoms with Crippen molar-refractivity contribution in [3.05, 3.63) is 53.6 Å². The van der Waals surface area contributed by atoms with Crippen LogP contribution >= 0.6 is 0 Å². The van der Waals surface area contributed by atoms with Gasteiger partial charge in [-0.2, -0.15) is 0 Å². The van der Waals surface area contributed by atoms with Gasteiger partial charge in [0.1, 0.15) is 0 Å². The van der Waals surface area contributed by atoms with Crippen LogP contribution in [0.25, 0.3) is 0 Å². The Morgan fingerprint density at radius 1 is 1.16 bits per heavy atom.